The van der Waals surface area contributed by atoms with E-state index < -0.39 is 0 Å². The molecule has 1 rings (SSSR count). The molecule has 0 bridgehead atoms. The highest BCUT2D eigenvalue weighted by Gasteiger charge is 2.27. The summed E-state index contributed by atoms with van der Waals surface area (Å²) in [6.07, 6.45) is 1.61. The van der Waals surface area contributed by atoms with E-state index >= 15 is 0 Å². The largest absolute Gasteiger partial charge is 0.392 e. The maximum atomic E-state index is 12.2. The van der Waals surface area contributed by atoms with Crippen molar-refractivity contribution in [1.82, 2.24) is 4.90 Å². The van der Waals surface area contributed by atoms with Crippen LogP contribution in [0.1, 0.15) is 26.7 Å². The first-order chi connectivity index (χ1) is 7.52. The average molecular weight is 244 g/mol. The lowest BCUT2D eigenvalue weighted by molar-refractivity contribution is -0.139. The molecule has 0 saturated carbocycles. The first-order valence-electron chi connectivity index (χ1n) is 5.69. The number of thiocarbonyl (C=S) groups is 1. The number of nitrogens with two attached hydrogens (primary N) is 1. The van der Waals surface area contributed by atoms with Crippen LogP contribution in [0.4, 0.5) is 0 Å². The zero-order valence-corrected chi connectivity index (χ0v) is 10.8. The molecule has 4 nitrogen and oxygen atoms in total. The van der Waals surface area contributed by atoms with Crippen LogP contribution in [0.15, 0.2) is 0 Å². The van der Waals surface area contributed by atoms with E-state index in [9.17, 15) is 4.79 Å². The monoisotopic (exact) mass is 244 g/mol. The molecule has 0 spiro atoms. The molecule has 0 aromatic carbocycles. The summed E-state index contributed by atoms with van der Waals surface area (Å²) in [5.74, 6) is 0.233. The Kier molecular flexibility index (Phi) is 5.15. The van der Waals surface area contributed by atoms with Gasteiger partial charge in [-0.25, -0.2) is 0 Å². The van der Waals surface area contributed by atoms with E-state index in [1.807, 2.05) is 13.8 Å². The molecular formula is C11H20N2O2S. The van der Waals surface area contributed by atoms with E-state index in [4.69, 9.17) is 22.7 Å². The van der Waals surface area contributed by atoms with Crippen molar-refractivity contribution in [2.45, 2.75) is 32.7 Å². The first-order valence-corrected chi connectivity index (χ1v) is 6.09. The number of carbonyl (C=O) groups excluding carboxylic acids is 1. The molecule has 1 amide bonds. The fourth-order valence-corrected chi connectivity index (χ4v) is 2.00. The minimum absolute atomic E-state index is 0.0745. The number of rotatable bonds is 4. The topological polar surface area (TPSA) is 55.6 Å². The van der Waals surface area contributed by atoms with Gasteiger partial charge in [0.2, 0.25) is 5.91 Å². The quantitative estimate of drug-likeness (QED) is 0.748. The van der Waals surface area contributed by atoms with E-state index in [-0.39, 0.29) is 17.9 Å². The summed E-state index contributed by atoms with van der Waals surface area (Å²) >= 11 is 4.87. The SMILES string of the molecule is CC(C)N(CC(N)=S)C(=O)C1CCOCC1. The lowest BCUT2D eigenvalue weighted by Crippen LogP contribution is -2.46. The second-order valence-electron chi connectivity index (χ2n) is 4.41. The smallest absolute Gasteiger partial charge is 0.226 e. The predicted octanol–water partition coefficient (Wildman–Crippen LogP) is 0.936. The van der Waals surface area contributed by atoms with E-state index in [1.54, 1.807) is 4.90 Å². The molecule has 0 atom stereocenters. The van der Waals surface area contributed by atoms with E-state index in [2.05, 4.69) is 0 Å². The Balaban J connectivity index is 2.61. The van der Waals surface area contributed by atoms with E-state index in [0.717, 1.165) is 12.8 Å². The molecule has 2 N–H and O–H groups in total. The van der Waals surface area contributed by atoms with Crippen LogP contribution in [0, 0.1) is 5.92 Å². The molecule has 1 saturated heterocycles. The molecule has 1 aliphatic rings. The van der Waals surface area contributed by atoms with Crippen molar-refractivity contribution in [3.63, 3.8) is 0 Å². The lowest BCUT2D eigenvalue weighted by Gasteiger charge is -2.31. The third-order valence-electron chi connectivity index (χ3n) is 2.80. The van der Waals surface area contributed by atoms with Gasteiger partial charge in [-0.15, -0.1) is 0 Å². The van der Waals surface area contributed by atoms with E-state index in [0.29, 0.717) is 24.7 Å². The molecule has 5 heteroatoms. The fraction of sp³-hybridized carbons (Fsp3) is 0.818. The molecule has 16 heavy (non-hydrogen) atoms. The number of ether oxygens (including phenoxy) is 1. The van der Waals surface area contributed by atoms with Gasteiger partial charge in [-0.1, -0.05) is 12.2 Å². The summed E-state index contributed by atoms with van der Waals surface area (Å²) in [5, 5.41) is 0. The highest BCUT2D eigenvalue weighted by Crippen LogP contribution is 2.18. The van der Waals surface area contributed by atoms with Gasteiger partial charge in [0, 0.05) is 25.2 Å². The van der Waals surface area contributed by atoms with Crippen molar-refractivity contribution in [3.8, 4) is 0 Å². The van der Waals surface area contributed by atoms with Crippen molar-refractivity contribution in [2.75, 3.05) is 19.8 Å². The number of carbonyl (C=O) groups is 1. The molecule has 0 radical (unpaired) electrons. The Hall–Kier alpha value is -0.680. The van der Waals surface area contributed by atoms with Crippen molar-refractivity contribution < 1.29 is 9.53 Å². The van der Waals surface area contributed by atoms with Gasteiger partial charge >= 0.3 is 0 Å². The third-order valence-corrected chi connectivity index (χ3v) is 2.93. The molecule has 1 heterocycles. The zero-order valence-electron chi connectivity index (χ0n) is 9.94. The Morgan fingerprint density at radius 2 is 2.06 bits per heavy atom. The fourth-order valence-electron chi connectivity index (χ4n) is 1.86. The molecule has 0 aromatic rings. The van der Waals surface area contributed by atoms with Crippen LogP contribution in [0.3, 0.4) is 0 Å². The van der Waals surface area contributed by atoms with Crippen LogP contribution in [-0.4, -0.2) is 41.6 Å². The van der Waals surface area contributed by atoms with Gasteiger partial charge in [0.15, 0.2) is 0 Å². The lowest BCUT2D eigenvalue weighted by atomic mass is 9.98. The third kappa shape index (κ3) is 3.72. The van der Waals surface area contributed by atoms with Crippen LogP contribution >= 0.6 is 12.2 Å². The van der Waals surface area contributed by atoms with Gasteiger partial charge in [-0.05, 0) is 26.7 Å². The Morgan fingerprint density at radius 1 is 1.50 bits per heavy atom. The highest BCUT2D eigenvalue weighted by atomic mass is 32.1. The molecule has 0 aromatic heterocycles. The van der Waals surface area contributed by atoms with Crippen LogP contribution in [0.25, 0.3) is 0 Å². The van der Waals surface area contributed by atoms with Crippen LogP contribution in [-0.2, 0) is 9.53 Å². The number of hydrogen-bond donors (Lipinski definition) is 1. The van der Waals surface area contributed by atoms with Gasteiger partial charge in [-0.3, -0.25) is 4.79 Å². The first kappa shape index (κ1) is 13.4. The predicted molar refractivity (Wildman–Crippen MR) is 67.2 cm³/mol. The van der Waals surface area contributed by atoms with Gasteiger partial charge in [0.1, 0.15) is 0 Å². The van der Waals surface area contributed by atoms with Crippen LogP contribution < -0.4 is 5.73 Å². The minimum atomic E-state index is 0.0745. The van der Waals surface area contributed by atoms with Crippen molar-refractivity contribution in [2.24, 2.45) is 11.7 Å². The summed E-state index contributed by atoms with van der Waals surface area (Å²) in [7, 11) is 0. The van der Waals surface area contributed by atoms with Crippen LogP contribution in [0.2, 0.25) is 0 Å². The van der Waals surface area contributed by atoms with Gasteiger partial charge in [-0.2, -0.15) is 0 Å². The molecule has 0 aliphatic carbocycles. The maximum absolute atomic E-state index is 12.2. The molecule has 1 fully saturated rings. The second kappa shape index (κ2) is 6.15. The van der Waals surface area contributed by atoms with Crippen molar-refractivity contribution >= 4 is 23.1 Å². The van der Waals surface area contributed by atoms with Gasteiger partial charge in [0.05, 0.1) is 11.5 Å². The summed E-state index contributed by atoms with van der Waals surface area (Å²) in [6, 6.07) is 0.136. The maximum Gasteiger partial charge on any atom is 0.226 e. The zero-order chi connectivity index (χ0) is 12.1. The highest BCUT2D eigenvalue weighted by molar-refractivity contribution is 7.80. The molecule has 92 valence electrons. The Bertz CT molecular complexity index is 263. The molecular weight excluding hydrogens is 224 g/mol. The van der Waals surface area contributed by atoms with Gasteiger partial charge in [0.25, 0.3) is 0 Å². The summed E-state index contributed by atoms with van der Waals surface area (Å²) in [4.78, 5) is 14.4. The number of hydrogen-bond acceptors (Lipinski definition) is 3. The van der Waals surface area contributed by atoms with Gasteiger partial charge < -0.3 is 15.4 Å². The Morgan fingerprint density at radius 3 is 2.50 bits per heavy atom. The molecule has 1 aliphatic heterocycles. The van der Waals surface area contributed by atoms with E-state index in [1.165, 1.54) is 0 Å². The number of amides is 1. The standard InChI is InChI=1S/C11H20N2O2S/c1-8(2)13(7-10(12)16)11(14)9-3-5-15-6-4-9/h8-9H,3-7H2,1-2H3,(H2,12,16). The second-order valence-corrected chi connectivity index (χ2v) is 4.94. The Labute approximate surface area is 102 Å². The summed E-state index contributed by atoms with van der Waals surface area (Å²) < 4.78 is 5.25. The molecule has 0 unspecified atom stereocenters. The number of nitrogens with zero attached hydrogens (tertiary/aromatic N) is 1. The van der Waals surface area contributed by atoms with Crippen LogP contribution in [0.5, 0.6) is 0 Å². The summed E-state index contributed by atoms with van der Waals surface area (Å²) in [5.41, 5.74) is 5.51. The van der Waals surface area contributed by atoms with Crippen molar-refractivity contribution in [1.29, 1.82) is 0 Å². The summed E-state index contributed by atoms with van der Waals surface area (Å²) in [6.45, 7) is 5.69. The average Bonchev–Trinajstić information content (AvgIpc) is 2.25. The minimum Gasteiger partial charge on any atom is -0.392 e. The van der Waals surface area contributed by atoms with Crippen molar-refractivity contribution in [3.05, 3.63) is 0 Å². The normalized spacial score (nSPS) is 17.4.